The summed E-state index contributed by atoms with van der Waals surface area (Å²) < 4.78 is 1.83. The summed E-state index contributed by atoms with van der Waals surface area (Å²) >= 11 is 0. The van der Waals surface area contributed by atoms with Gasteiger partial charge < -0.3 is 14.8 Å². The van der Waals surface area contributed by atoms with Crippen LogP contribution in [-0.4, -0.2) is 67.3 Å². The molecule has 9 heteroatoms. The van der Waals surface area contributed by atoms with Crippen LogP contribution in [0, 0.1) is 5.92 Å². The predicted octanol–water partition coefficient (Wildman–Crippen LogP) is 1.84. The largest absolute Gasteiger partial charge is 0.342 e. The molecule has 2 fully saturated rings. The molecule has 2 aliphatic heterocycles. The zero-order valence-corrected chi connectivity index (χ0v) is 17.8. The van der Waals surface area contributed by atoms with Crippen LogP contribution in [0.2, 0.25) is 0 Å². The van der Waals surface area contributed by atoms with Gasteiger partial charge in [0, 0.05) is 44.6 Å². The lowest BCUT2D eigenvalue weighted by atomic mass is 9.94. The molecule has 32 heavy (non-hydrogen) atoms. The Bertz CT molecular complexity index is 1180. The van der Waals surface area contributed by atoms with E-state index in [0.717, 1.165) is 36.7 Å². The van der Waals surface area contributed by atoms with Gasteiger partial charge in [-0.3, -0.25) is 19.1 Å². The number of hydrogen-bond donors (Lipinski definition) is 1. The van der Waals surface area contributed by atoms with Crippen LogP contribution in [0.5, 0.6) is 0 Å². The molecule has 0 radical (unpaired) electrons. The van der Waals surface area contributed by atoms with E-state index in [9.17, 15) is 14.4 Å². The Hall–Kier alpha value is -3.49. The number of carbonyl (C=O) groups excluding carboxylic acids is 2. The Morgan fingerprint density at radius 1 is 1.00 bits per heavy atom. The van der Waals surface area contributed by atoms with Crippen LogP contribution in [0.25, 0.3) is 11.0 Å². The van der Waals surface area contributed by atoms with Crippen LogP contribution in [0.15, 0.2) is 47.7 Å². The Labute approximate surface area is 185 Å². The van der Waals surface area contributed by atoms with Crippen molar-refractivity contribution in [2.45, 2.75) is 31.7 Å². The molecular formula is C23H26N6O3. The first-order chi connectivity index (χ1) is 15.6. The van der Waals surface area contributed by atoms with Crippen molar-refractivity contribution in [3.63, 3.8) is 0 Å². The molecule has 2 saturated heterocycles. The van der Waals surface area contributed by atoms with Crippen molar-refractivity contribution < 1.29 is 9.59 Å². The molecule has 2 amide bonds. The molecule has 2 aliphatic rings. The van der Waals surface area contributed by atoms with Crippen molar-refractivity contribution in [2.24, 2.45) is 5.92 Å². The Balaban J connectivity index is 1.23. The smallest absolute Gasteiger partial charge is 0.326 e. The molecule has 9 nitrogen and oxygen atoms in total. The highest BCUT2D eigenvalue weighted by Crippen LogP contribution is 2.27. The summed E-state index contributed by atoms with van der Waals surface area (Å²) in [4.78, 5) is 53.0. The lowest BCUT2D eigenvalue weighted by Gasteiger charge is -2.38. The molecule has 3 aromatic rings. The lowest BCUT2D eigenvalue weighted by Crippen LogP contribution is -2.49. The molecule has 1 aromatic carbocycles. The first kappa shape index (κ1) is 20.4. The van der Waals surface area contributed by atoms with Crippen molar-refractivity contribution in [1.29, 1.82) is 0 Å². The summed E-state index contributed by atoms with van der Waals surface area (Å²) in [5, 5.41) is 0. The van der Waals surface area contributed by atoms with Gasteiger partial charge in [0.15, 0.2) is 0 Å². The number of nitrogens with one attached hydrogen (secondary N) is 1. The van der Waals surface area contributed by atoms with Crippen LogP contribution in [0.3, 0.4) is 0 Å². The van der Waals surface area contributed by atoms with Gasteiger partial charge in [-0.15, -0.1) is 0 Å². The van der Waals surface area contributed by atoms with Gasteiger partial charge >= 0.3 is 5.69 Å². The van der Waals surface area contributed by atoms with E-state index in [-0.39, 0.29) is 29.5 Å². The summed E-state index contributed by atoms with van der Waals surface area (Å²) in [5.74, 6) is -0.267. The van der Waals surface area contributed by atoms with Crippen molar-refractivity contribution in [3.8, 4) is 0 Å². The number of amides is 2. The molecule has 0 spiro atoms. The summed E-state index contributed by atoms with van der Waals surface area (Å²) in [5.41, 5.74) is 1.96. The van der Waals surface area contributed by atoms with Gasteiger partial charge in [-0.25, -0.2) is 9.78 Å². The summed E-state index contributed by atoms with van der Waals surface area (Å²) in [6, 6.07) is 7.77. The number of fused-ring (bicyclic) bond motifs is 1. The van der Waals surface area contributed by atoms with Crippen LogP contribution < -0.4 is 5.69 Å². The van der Waals surface area contributed by atoms with E-state index in [2.05, 4.69) is 15.0 Å². The second kappa shape index (κ2) is 8.57. The number of benzene rings is 1. The summed E-state index contributed by atoms with van der Waals surface area (Å²) in [6.07, 6.45) is 7.56. The number of imidazole rings is 1. The van der Waals surface area contributed by atoms with Crippen molar-refractivity contribution in [2.75, 3.05) is 26.2 Å². The normalized spacial score (nSPS) is 19.9. The number of hydrogen-bond acceptors (Lipinski definition) is 5. The molecule has 5 rings (SSSR count). The molecule has 1 atom stereocenters. The highest BCUT2D eigenvalue weighted by atomic mass is 16.2. The van der Waals surface area contributed by atoms with Crippen LogP contribution >= 0.6 is 0 Å². The molecule has 2 aromatic heterocycles. The molecule has 1 unspecified atom stereocenters. The van der Waals surface area contributed by atoms with E-state index < -0.39 is 0 Å². The van der Waals surface area contributed by atoms with Gasteiger partial charge in [0.2, 0.25) is 5.91 Å². The summed E-state index contributed by atoms with van der Waals surface area (Å²) in [6.45, 7) is 2.27. The van der Waals surface area contributed by atoms with Gasteiger partial charge in [0.1, 0.15) is 5.69 Å². The van der Waals surface area contributed by atoms with E-state index in [1.165, 1.54) is 18.6 Å². The van der Waals surface area contributed by atoms with E-state index in [4.69, 9.17) is 0 Å². The van der Waals surface area contributed by atoms with Gasteiger partial charge in [0.25, 0.3) is 5.91 Å². The first-order valence-electron chi connectivity index (χ1n) is 11.1. The highest BCUT2D eigenvalue weighted by Gasteiger charge is 2.34. The maximum absolute atomic E-state index is 13.2. The minimum absolute atomic E-state index is 0.0730. The number of H-pyrrole nitrogens is 1. The maximum atomic E-state index is 13.2. The predicted molar refractivity (Wildman–Crippen MR) is 118 cm³/mol. The number of likely N-dealkylation sites (tertiary alicyclic amines) is 2. The Morgan fingerprint density at radius 3 is 2.59 bits per heavy atom. The minimum atomic E-state index is -0.197. The van der Waals surface area contributed by atoms with Gasteiger partial charge in [-0.2, -0.15) is 0 Å². The topological polar surface area (TPSA) is 104 Å². The van der Waals surface area contributed by atoms with Crippen molar-refractivity contribution >= 4 is 22.8 Å². The zero-order valence-electron chi connectivity index (χ0n) is 17.8. The number of rotatable bonds is 3. The van der Waals surface area contributed by atoms with E-state index in [1.807, 2.05) is 33.7 Å². The van der Waals surface area contributed by atoms with Crippen LogP contribution in [0.1, 0.15) is 42.2 Å². The number of piperidine rings is 2. The third-order valence-electron chi connectivity index (χ3n) is 6.61. The number of carbonyl (C=O) groups is 2. The first-order valence-corrected chi connectivity index (χ1v) is 11.1. The number of nitrogens with zero attached hydrogens (tertiary/aromatic N) is 5. The number of para-hydroxylation sites is 2. The lowest BCUT2D eigenvalue weighted by molar-refractivity contribution is -0.138. The molecule has 0 bridgehead atoms. The fraction of sp³-hybridized carbons (Fsp3) is 0.435. The van der Waals surface area contributed by atoms with Gasteiger partial charge in [-0.1, -0.05) is 12.1 Å². The third-order valence-corrected chi connectivity index (χ3v) is 6.61. The number of aromatic amines is 1. The average Bonchev–Trinajstić information content (AvgIpc) is 3.19. The molecule has 1 N–H and O–H groups in total. The van der Waals surface area contributed by atoms with Gasteiger partial charge in [-0.05, 0) is 37.8 Å². The maximum Gasteiger partial charge on any atom is 0.326 e. The second-order valence-electron chi connectivity index (χ2n) is 8.55. The third kappa shape index (κ3) is 3.79. The van der Waals surface area contributed by atoms with Crippen molar-refractivity contribution in [3.05, 3.63) is 59.0 Å². The second-order valence-corrected chi connectivity index (χ2v) is 8.55. The highest BCUT2D eigenvalue weighted by molar-refractivity contribution is 5.92. The monoisotopic (exact) mass is 434 g/mol. The Kier molecular flexibility index (Phi) is 5.46. The van der Waals surface area contributed by atoms with Crippen molar-refractivity contribution in [1.82, 2.24) is 29.3 Å². The quantitative estimate of drug-likeness (QED) is 0.677. The summed E-state index contributed by atoms with van der Waals surface area (Å²) in [7, 11) is 0. The number of aromatic nitrogens is 4. The van der Waals surface area contributed by atoms with E-state index >= 15 is 0 Å². The molecule has 166 valence electrons. The zero-order chi connectivity index (χ0) is 22.1. The molecule has 4 heterocycles. The van der Waals surface area contributed by atoms with Crippen LogP contribution in [-0.2, 0) is 4.79 Å². The SMILES string of the molecule is O=C(c1cnccn1)N1CCCC(C(=O)N2CCC(n3c(=O)[nH]c4ccccc43)CC2)C1. The Morgan fingerprint density at radius 2 is 1.81 bits per heavy atom. The molecule has 0 aliphatic carbocycles. The fourth-order valence-electron chi connectivity index (χ4n) is 4.97. The fourth-order valence-corrected chi connectivity index (χ4v) is 4.97. The minimum Gasteiger partial charge on any atom is -0.342 e. The van der Waals surface area contributed by atoms with Crippen LogP contribution in [0.4, 0.5) is 0 Å². The van der Waals surface area contributed by atoms with Gasteiger partial charge in [0.05, 0.1) is 23.1 Å². The van der Waals surface area contributed by atoms with E-state index in [0.29, 0.717) is 31.9 Å². The standard InChI is InChI=1S/C23H26N6O3/c30-21(16-4-3-11-28(15-16)22(31)19-14-24-9-10-25-19)27-12-7-17(8-13-27)29-20-6-2-1-5-18(20)26-23(29)32/h1-2,5-6,9-10,14,16-17H,3-4,7-8,11-13,15H2,(H,26,32). The van der Waals surface area contributed by atoms with E-state index in [1.54, 1.807) is 4.90 Å². The molecule has 0 saturated carbocycles. The average molecular weight is 435 g/mol. The molecular weight excluding hydrogens is 408 g/mol.